The molecule has 2 aromatic rings. The van der Waals surface area contributed by atoms with E-state index in [1.54, 1.807) is 6.07 Å². The van der Waals surface area contributed by atoms with Crippen LogP contribution in [0.4, 0.5) is 0 Å². The zero-order valence-corrected chi connectivity index (χ0v) is 11.3. The van der Waals surface area contributed by atoms with Gasteiger partial charge in [-0.15, -0.1) is 0 Å². The molecule has 0 amide bonds. The third-order valence-corrected chi connectivity index (χ3v) is 3.45. The summed E-state index contributed by atoms with van der Waals surface area (Å²) < 4.78 is 5.98. The summed E-state index contributed by atoms with van der Waals surface area (Å²) in [4.78, 5) is 4.29. The van der Waals surface area contributed by atoms with Crippen LogP contribution in [0.15, 0.2) is 27.2 Å². The summed E-state index contributed by atoms with van der Waals surface area (Å²) in [6, 6.07) is 5.47. The maximum atomic E-state index is 5.91. The summed E-state index contributed by atoms with van der Waals surface area (Å²) in [5.74, 6) is 1.17. The molecule has 1 aromatic carbocycles. The van der Waals surface area contributed by atoms with E-state index >= 15 is 0 Å². The molecular formula is C11H11BrClN3O. The number of halogens is 2. The molecule has 6 heteroatoms. The summed E-state index contributed by atoms with van der Waals surface area (Å²) in [6.07, 6.45) is 1.58. The summed E-state index contributed by atoms with van der Waals surface area (Å²) in [5, 5.41) is 4.54. The van der Waals surface area contributed by atoms with Crippen molar-refractivity contribution in [2.24, 2.45) is 5.73 Å². The Balaban J connectivity index is 2.21. The molecule has 4 nitrogen and oxygen atoms in total. The fourth-order valence-electron chi connectivity index (χ4n) is 1.36. The van der Waals surface area contributed by atoms with E-state index in [-0.39, 0.29) is 0 Å². The van der Waals surface area contributed by atoms with Crippen LogP contribution >= 0.6 is 27.5 Å². The minimum absolute atomic E-state index is 0.495. The normalized spacial score (nSPS) is 10.8. The fraction of sp³-hybridized carbons (Fsp3) is 0.273. The van der Waals surface area contributed by atoms with Crippen molar-refractivity contribution in [2.75, 3.05) is 6.54 Å². The van der Waals surface area contributed by atoms with E-state index in [0.717, 1.165) is 22.9 Å². The average molecular weight is 317 g/mol. The maximum absolute atomic E-state index is 5.91. The molecule has 0 aliphatic carbocycles. The summed E-state index contributed by atoms with van der Waals surface area (Å²) in [7, 11) is 0. The lowest BCUT2D eigenvalue weighted by atomic mass is 10.2. The third-order valence-electron chi connectivity index (χ3n) is 2.24. The zero-order valence-electron chi connectivity index (χ0n) is 8.99. The predicted octanol–water partition coefficient (Wildman–Crippen LogP) is 3.04. The zero-order chi connectivity index (χ0) is 12.3. The average Bonchev–Trinajstić information content (AvgIpc) is 2.79. The number of nitrogens with zero attached hydrogens (tertiary/aromatic N) is 2. The maximum Gasteiger partial charge on any atom is 0.257 e. The van der Waals surface area contributed by atoms with Crippen molar-refractivity contribution < 1.29 is 4.52 Å². The molecular weight excluding hydrogens is 305 g/mol. The molecule has 0 unspecified atom stereocenters. The highest BCUT2D eigenvalue weighted by molar-refractivity contribution is 9.10. The molecule has 0 fully saturated rings. The van der Waals surface area contributed by atoms with Crippen LogP contribution in [0.5, 0.6) is 0 Å². The molecule has 0 aliphatic rings. The van der Waals surface area contributed by atoms with Crippen molar-refractivity contribution in [3.63, 3.8) is 0 Å². The highest BCUT2D eigenvalue weighted by Crippen LogP contribution is 2.27. The van der Waals surface area contributed by atoms with E-state index in [9.17, 15) is 0 Å². The van der Waals surface area contributed by atoms with Crippen molar-refractivity contribution in [3.05, 3.63) is 33.5 Å². The Labute approximate surface area is 112 Å². The first kappa shape index (κ1) is 12.5. The third kappa shape index (κ3) is 3.06. The Kier molecular flexibility index (Phi) is 4.15. The first-order valence-corrected chi connectivity index (χ1v) is 6.36. The number of nitrogens with two attached hydrogens (primary N) is 1. The van der Waals surface area contributed by atoms with Gasteiger partial charge in [0.15, 0.2) is 5.82 Å². The number of hydrogen-bond acceptors (Lipinski definition) is 4. The number of rotatable bonds is 4. The SMILES string of the molecule is NCCCc1noc(-c2ccc(Cl)c(Br)c2)n1. The Morgan fingerprint density at radius 3 is 2.94 bits per heavy atom. The van der Waals surface area contributed by atoms with Gasteiger partial charge < -0.3 is 10.3 Å². The lowest BCUT2D eigenvalue weighted by Crippen LogP contribution is -2.01. The molecule has 1 aromatic heterocycles. The largest absolute Gasteiger partial charge is 0.334 e. The van der Waals surface area contributed by atoms with Crippen LogP contribution in [0.3, 0.4) is 0 Å². The van der Waals surface area contributed by atoms with Gasteiger partial charge in [0.1, 0.15) is 0 Å². The lowest BCUT2D eigenvalue weighted by Gasteiger charge is -1.97. The lowest BCUT2D eigenvalue weighted by molar-refractivity contribution is 0.422. The monoisotopic (exact) mass is 315 g/mol. The van der Waals surface area contributed by atoms with E-state index in [1.165, 1.54) is 0 Å². The molecule has 0 saturated carbocycles. The van der Waals surface area contributed by atoms with Crippen LogP contribution in [0.25, 0.3) is 11.5 Å². The van der Waals surface area contributed by atoms with Crippen LogP contribution in [0, 0.1) is 0 Å². The van der Waals surface area contributed by atoms with Gasteiger partial charge in [0, 0.05) is 16.5 Å². The number of benzene rings is 1. The molecule has 17 heavy (non-hydrogen) atoms. The van der Waals surface area contributed by atoms with Crippen LogP contribution < -0.4 is 5.73 Å². The number of aromatic nitrogens is 2. The molecule has 0 saturated heterocycles. The Morgan fingerprint density at radius 1 is 1.41 bits per heavy atom. The molecule has 0 bridgehead atoms. The first-order valence-electron chi connectivity index (χ1n) is 5.19. The van der Waals surface area contributed by atoms with Gasteiger partial charge in [0.2, 0.25) is 0 Å². The quantitative estimate of drug-likeness (QED) is 0.941. The van der Waals surface area contributed by atoms with Gasteiger partial charge in [0.25, 0.3) is 5.89 Å². The number of hydrogen-bond donors (Lipinski definition) is 1. The molecule has 0 spiro atoms. The van der Waals surface area contributed by atoms with E-state index < -0.39 is 0 Å². The van der Waals surface area contributed by atoms with Gasteiger partial charge >= 0.3 is 0 Å². The van der Waals surface area contributed by atoms with Crippen molar-refractivity contribution in [1.29, 1.82) is 0 Å². The molecule has 1 heterocycles. The van der Waals surface area contributed by atoms with Gasteiger partial charge in [-0.25, -0.2) is 0 Å². The summed E-state index contributed by atoms with van der Waals surface area (Å²) in [5.41, 5.74) is 6.26. The van der Waals surface area contributed by atoms with Crippen LogP contribution in [-0.4, -0.2) is 16.7 Å². The van der Waals surface area contributed by atoms with Gasteiger partial charge in [-0.1, -0.05) is 16.8 Å². The van der Waals surface area contributed by atoms with Crippen LogP contribution in [0.2, 0.25) is 5.02 Å². The molecule has 0 atom stereocenters. The second-order valence-corrected chi connectivity index (χ2v) is 4.80. The van der Waals surface area contributed by atoms with Gasteiger partial charge in [-0.2, -0.15) is 4.98 Å². The van der Waals surface area contributed by atoms with Crippen molar-refractivity contribution in [2.45, 2.75) is 12.8 Å². The van der Waals surface area contributed by atoms with E-state index in [4.69, 9.17) is 21.9 Å². The first-order chi connectivity index (χ1) is 8.20. The van der Waals surface area contributed by atoms with Gasteiger partial charge in [-0.3, -0.25) is 0 Å². The number of aryl methyl sites for hydroxylation is 1. The van der Waals surface area contributed by atoms with E-state index in [2.05, 4.69) is 26.1 Å². The minimum atomic E-state index is 0.495. The molecule has 2 rings (SSSR count). The van der Waals surface area contributed by atoms with E-state index in [1.807, 2.05) is 12.1 Å². The Morgan fingerprint density at radius 2 is 2.24 bits per heavy atom. The molecule has 0 radical (unpaired) electrons. The smallest absolute Gasteiger partial charge is 0.257 e. The highest BCUT2D eigenvalue weighted by atomic mass is 79.9. The van der Waals surface area contributed by atoms with Crippen molar-refractivity contribution >= 4 is 27.5 Å². The van der Waals surface area contributed by atoms with E-state index in [0.29, 0.717) is 23.3 Å². The molecule has 0 aliphatic heterocycles. The Bertz CT molecular complexity index is 515. The van der Waals surface area contributed by atoms with Gasteiger partial charge in [0.05, 0.1) is 5.02 Å². The van der Waals surface area contributed by atoms with Crippen molar-refractivity contribution in [1.82, 2.24) is 10.1 Å². The second kappa shape index (κ2) is 5.62. The van der Waals surface area contributed by atoms with Crippen LogP contribution in [0.1, 0.15) is 12.2 Å². The highest BCUT2D eigenvalue weighted by Gasteiger charge is 2.09. The topological polar surface area (TPSA) is 64.9 Å². The minimum Gasteiger partial charge on any atom is -0.334 e. The Hall–Kier alpha value is -0.910. The van der Waals surface area contributed by atoms with Gasteiger partial charge in [-0.05, 0) is 47.1 Å². The molecule has 90 valence electrons. The predicted molar refractivity (Wildman–Crippen MR) is 69.8 cm³/mol. The summed E-state index contributed by atoms with van der Waals surface area (Å²) in [6.45, 7) is 0.621. The van der Waals surface area contributed by atoms with Crippen LogP contribution in [-0.2, 0) is 6.42 Å². The standard InChI is InChI=1S/C11H11BrClN3O/c12-8-6-7(3-4-9(8)13)11-15-10(16-17-11)2-1-5-14/h3-4,6H,1-2,5,14H2. The van der Waals surface area contributed by atoms with Crippen molar-refractivity contribution in [3.8, 4) is 11.5 Å². The summed E-state index contributed by atoms with van der Waals surface area (Å²) >= 11 is 9.27. The fourth-order valence-corrected chi connectivity index (χ4v) is 1.86. The molecule has 2 N–H and O–H groups in total. The second-order valence-electron chi connectivity index (χ2n) is 3.54.